The lowest BCUT2D eigenvalue weighted by Crippen LogP contribution is -2.50. The van der Waals surface area contributed by atoms with Crippen LogP contribution in [0.5, 0.6) is 5.75 Å². The summed E-state index contributed by atoms with van der Waals surface area (Å²) in [5.74, 6) is 0.0741. The molecule has 3 rings (SSSR count). The lowest BCUT2D eigenvalue weighted by Gasteiger charge is -2.26. The van der Waals surface area contributed by atoms with Gasteiger partial charge in [-0.3, -0.25) is 9.69 Å². The van der Waals surface area contributed by atoms with Crippen LogP contribution in [-0.4, -0.2) is 35.5 Å². The molecule has 156 valence electrons. The lowest BCUT2D eigenvalue weighted by atomic mass is 10.0. The van der Waals surface area contributed by atoms with E-state index in [0.29, 0.717) is 23.3 Å². The summed E-state index contributed by atoms with van der Waals surface area (Å²) in [6.07, 6.45) is 2.36. The van der Waals surface area contributed by atoms with Crippen LogP contribution in [-0.2, 0) is 17.6 Å². The van der Waals surface area contributed by atoms with Crippen LogP contribution in [0.15, 0.2) is 21.3 Å². The van der Waals surface area contributed by atoms with E-state index in [2.05, 4.69) is 5.32 Å². The van der Waals surface area contributed by atoms with Gasteiger partial charge in [0, 0.05) is 17.6 Å². The Morgan fingerprint density at radius 2 is 1.86 bits per heavy atom. The van der Waals surface area contributed by atoms with Crippen molar-refractivity contribution >= 4 is 22.9 Å². The van der Waals surface area contributed by atoms with Gasteiger partial charge in [0.05, 0.1) is 5.39 Å². The minimum absolute atomic E-state index is 0.0799. The standard InChI is InChI=1S/C22H28N2O5/c1-12(2)23-22(27)24(13(3)4)19(25)11-28-17-9-14(5)10-18-20(17)15-7-6-8-16(15)21(26)29-18/h9-10,12-13H,6-8,11H2,1-5H3,(H,23,27). The van der Waals surface area contributed by atoms with Crippen molar-refractivity contribution in [3.63, 3.8) is 0 Å². The maximum Gasteiger partial charge on any atom is 0.339 e. The van der Waals surface area contributed by atoms with E-state index in [1.807, 2.05) is 26.8 Å². The topological polar surface area (TPSA) is 88.9 Å². The van der Waals surface area contributed by atoms with Gasteiger partial charge in [-0.2, -0.15) is 0 Å². The minimum atomic E-state index is -0.440. The molecular formula is C22H28N2O5. The van der Waals surface area contributed by atoms with Crippen LogP contribution in [0.1, 0.15) is 50.8 Å². The quantitative estimate of drug-likeness (QED) is 0.778. The summed E-state index contributed by atoms with van der Waals surface area (Å²) < 4.78 is 11.4. The molecule has 29 heavy (non-hydrogen) atoms. The van der Waals surface area contributed by atoms with Crippen LogP contribution in [0, 0.1) is 6.92 Å². The Balaban J connectivity index is 1.90. The predicted molar refractivity (Wildman–Crippen MR) is 110 cm³/mol. The normalized spacial score (nSPS) is 13.1. The molecular weight excluding hydrogens is 372 g/mol. The Morgan fingerprint density at radius 3 is 2.52 bits per heavy atom. The van der Waals surface area contributed by atoms with Gasteiger partial charge in [0.2, 0.25) is 0 Å². The zero-order valence-corrected chi connectivity index (χ0v) is 17.6. The molecule has 1 aromatic heterocycles. The fourth-order valence-electron chi connectivity index (χ4n) is 3.78. The van der Waals surface area contributed by atoms with Gasteiger partial charge in [-0.1, -0.05) is 0 Å². The molecule has 7 heteroatoms. The van der Waals surface area contributed by atoms with E-state index < -0.39 is 11.9 Å². The average Bonchev–Trinajstić information content (AvgIpc) is 3.08. The van der Waals surface area contributed by atoms with Crippen LogP contribution in [0.25, 0.3) is 11.0 Å². The Kier molecular flexibility index (Phi) is 5.96. The Morgan fingerprint density at radius 1 is 1.17 bits per heavy atom. The Bertz CT molecular complexity index is 1010. The van der Waals surface area contributed by atoms with E-state index in [1.165, 1.54) is 4.90 Å². The maximum absolute atomic E-state index is 12.8. The molecule has 7 nitrogen and oxygen atoms in total. The highest BCUT2D eigenvalue weighted by Gasteiger charge is 2.27. The molecule has 0 atom stereocenters. The predicted octanol–water partition coefficient (Wildman–Crippen LogP) is 3.32. The van der Waals surface area contributed by atoms with Gasteiger partial charge >= 0.3 is 11.7 Å². The van der Waals surface area contributed by atoms with Crippen LogP contribution >= 0.6 is 0 Å². The number of amides is 3. The number of urea groups is 1. The molecule has 0 spiro atoms. The molecule has 0 bridgehead atoms. The molecule has 0 aliphatic heterocycles. The second kappa shape index (κ2) is 8.27. The fourth-order valence-corrected chi connectivity index (χ4v) is 3.78. The summed E-state index contributed by atoms with van der Waals surface area (Å²) in [4.78, 5) is 38.5. The summed E-state index contributed by atoms with van der Waals surface area (Å²) in [5.41, 5.74) is 2.67. The van der Waals surface area contributed by atoms with E-state index in [1.54, 1.807) is 19.9 Å². The van der Waals surface area contributed by atoms with Crippen LogP contribution in [0.4, 0.5) is 4.79 Å². The molecule has 1 N–H and O–H groups in total. The number of benzene rings is 1. The van der Waals surface area contributed by atoms with Crippen molar-refractivity contribution in [3.05, 3.63) is 39.2 Å². The van der Waals surface area contributed by atoms with Crippen molar-refractivity contribution in [2.75, 3.05) is 6.61 Å². The number of rotatable bonds is 5. The third-order valence-electron chi connectivity index (χ3n) is 4.95. The van der Waals surface area contributed by atoms with Crippen molar-refractivity contribution < 1.29 is 18.7 Å². The van der Waals surface area contributed by atoms with Gasteiger partial charge in [0.15, 0.2) is 6.61 Å². The monoisotopic (exact) mass is 400 g/mol. The number of carbonyl (C=O) groups is 2. The van der Waals surface area contributed by atoms with E-state index in [0.717, 1.165) is 29.4 Å². The summed E-state index contributed by atoms with van der Waals surface area (Å²) in [7, 11) is 0. The van der Waals surface area contributed by atoms with Crippen molar-refractivity contribution in [3.8, 4) is 5.75 Å². The number of ether oxygens (including phenoxy) is 1. The second-order valence-corrected chi connectivity index (χ2v) is 8.09. The third kappa shape index (κ3) is 4.28. The Hall–Kier alpha value is -2.83. The first kappa shape index (κ1) is 20.9. The highest BCUT2D eigenvalue weighted by Crippen LogP contribution is 2.35. The van der Waals surface area contributed by atoms with E-state index in [-0.39, 0.29) is 24.3 Å². The minimum Gasteiger partial charge on any atom is -0.483 e. The van der Waals surface area contributed by atoms with Gasteiger partial charge < -0.3 is 14.5 Å². The highest BCUT2D eigenvalue weighted by atomic mass is 16.5. The number of nitrogens with zero attached hydrogens (tertiary/aromatic N) is 1. The van der Waals surface area contributed by atoms with Crippen LogP contribution < -0.4 is 15.7 Å². The van der Waals surface area contributed by atoms with Gasteiger partial charge in [-0.25, -0.2) is 9.59 Å². The van der Waals surface area contributed by atoms with Crippen LogP contribution in [0.2, 0.25) is 0 Å². The van der Waals surface area contributed by atoms with Crippen molar-refractivity contribution in [2.45, 2.75) is 66.0 Å². The van der Waals surface area contributed by atoms with E-state index >= 15 is 0 Å². The van der Waals surface area contributed by atoms with Gasteiger partial charge in [0.1, 0.15) is 11.3 Å². The number of carbonyl (C=O) groups excluding carboxylic acids is 2. The highest BCUT2D eigenvalue weighted by molar-refractivity contribution is 5.96. The number of imide groups is 1. The van der Waals surface area contributed by atoms with E-state index in [4.69, 9.17) is 9.15 Å². The number of nitrogens with one attached hydrogen (secondary N) is 1. The molecule has 2 aromatic rings. The van der Waals surface area contributed by atoms with Crippen molar-refractivity contribution in [2.24, 2.45) is 0 Å². The number of hydrogen-bond acceptors (Lipinski definition) is 5. The molecule has 0 unspecified atom stereocenters. The number of hydrogen-bond donors (Lipinski definition) is 1. The average molecular weight is 400 g/mol. The van der Waals surface area contributed by atoms with Gasteiger partial charge in [0.25, 0.3) is 5.91 Å². The molecule has 3 amide bonds. The van der Waals surface area contributed by atoms with Crippen molar-refractivity contribution in [1.82, 2.24) is 10.2 Å². The van der Waals surface area contributed by atoms with E-state index in [9.17, 15) is 14.4 Å². The van der Waals surface area contributed by atoms with Crippen LogP contribution in [0.3, 0.4) is 0 Å². The second-order valence-electron chi connectivity index (χ2n) is 8.09. The molecule has 1 aromatic carbocycles. The molecule has 0 saturated heterocycles. The summed E-state index contributed by atoms with van der Waals surface area (Å²) in [6.45, 7) is 8.83. The fraction of sp³-hybridized carbons (Fsp3) is 0.500. The summed E-state index contributed by atoms with van der Waals surface area (Å²) >= 11 is 0. The third-order valence-corrected chi connectivity index (χ3v) is 4.95. The molecule has 1 aliphatic rings. The number of aryl methyl sites for hydroxylation is 2. The molecule has 0 radical (unpaired) electrons. The van der Waals surface area contributed by atoms with Gasteiger partial charge in [-0.15, -0.1) is 0 Å². The number of fused-ring (bicyclic) bond motifs is 3. The first-order valence-corrected chi connectivity index (χ1v) is 10.0. The first-order valence-electron chi connectivity index (χ1n) is 10.0. The molecule has 0 fully saturated rings. The largest absolute Gasteiger partial charge is 0.483 e. The molecule has 1 heterocycles. The lowest BCUT2D eigenvalue weighted by molar-refractivity contribution is -0.131. The first-order chi connectivity index (χ1) is 13.7. The summed E-state index contributed by atoms with van der Waals surface area (Å²) in [5, 5.41) is 3.49. The summed E-state index contributed by atoms with van der Waals surface area (Å²) in [6, 6.07) is 2.82. The van der Waals surface area contributed by atoms with Crippen molar-refractivity contribution in [1.29, 1.82) is 0 Å². The molecule has 0 saturated carbocycles. The SMILES string of the molecule is Cc1cc(OCC(=O)N(C(=O)NC(C)C)C(C)C)c2c3c(c(=O)oc2c1)CCC3. The smallest absolute Gasteiger partial charge is 0.339 e. The zero-order chi connectivity index (χ0) is 21.3. The molecule has 1 aliphatic carbocycles. The zero-order valence-electron chi connectivity index (χ0n) is 17.6. The Labute approximate surface area is 170 Å². The maximum atomic E-state index is 12.8. The van der Waals surface area contributed by atoms with Gasteiger partial charge in [-0.05, 0) is 77.1 Å².